The van der Waals surface area contributed by atoms with E-state index in [-0.39, 0.29) is 5.82 Å². The van der Waals surface area contributed by atoms with Crippen molar-refractivity contribution in [3.63, 3.8) is 0 Å². The maximum absolute atomic E-state index is 13.6. The van der Waals surface area contributed by atoms with Gasteiger partial charge in [-0.15, -0.1) is 0 Å². The fourth-order valence-electron chi connectivity index (χ4n) is 2.67. The molecule has 0 aliphatic carbocycles. The average Bonchev–Trinajstić information content (AvgIpc) is 2.86. The highest BCUT2D eigenvalue weighted by Crippen LogP contribution is 2.15. The summed E-state index contributed by atoms with van der Waals surface area (Å²) in [6.45, 7) is 4.04. The molecule has 0 saturated carbocycles. The lowest BCUT2D eigenvalue weighted by Gasteiger charge is -2.07. The molecule has 0 amide bonds. The molecule has 3 heteroatoms. The molecule has 1 aromatic heterocycles. The van der Waals surface area contributed by atoms with Gasteiger partial charge in [0.25, 0.3) is 0 Å². The van der Waals surface area contributed by atoms with Crippen LogP contribution in [0.25, 0.3) is 5.69 Å². The van der Waals surface area contributed by atoms with Gasteiger partial charge in [-0.05, 0) is 62.1 Å². The van der Waals surface area contributed by atoms with Crippen LogP contribution in [0.4, 0.5) is 4.39 Å². The molecule has 0 saturated heterocycles. The van der Waals surface area contributed by atoms with Gasteiger partial charge >= 0.3 is 0 Å². The first kappa shape index (κ1) is 14.5. The first-order valence-corrected chi connectivity index (χ1v) is 7.49. The Hall–Kier alpha value is -2.42. The van der Waals surface area contributed by atoms with E-state index in [0.29, 0.717) is 6.42 Å². The van der Waals surface area contributed by atoms with E-state index in [0.717, 1.165) is 29.1 Å². The highest BCUT2D eigenvalue weighted by atomic mass is 19.1. The standard InChI is InChI=1S/C19H19FN2/c1-14-13-15(2)22(21-14)18-11-8-16(9-12-18)7-10-17-5-3-4-6-19(17)20/h3-6,8-9,11-13H,7,10H2,1-2H3. The van der Waals surface area contributed by atoms with Gasteiger partial charge in [0.2, 0.25) is 0 Å². The predicted molar refractivity (Wildman–Crippen MR) is 86.8 cm³/mol. The summed E-state index contributed by atoms with van der Waals surface area (Å²) >= 11 is 0. The molecule has 0 aliphatic rings. The number of rotatable bonds is 4. The van der Waals surface area contributed by atoms with Gasteiger partial charge in [-0.2, -0.15) is 5.10 Å². The van der Waals surface area contributed by atoms with E-state index in [1.807, 2.05) is 30.7 Å². The molecule has 0 N–H and O–H groups in total. The molecule has 0 fully saturated rings. The number of nitrogens with zero attached hydrogens (tertiary/aromatic N) is 2. The Bertz CT molecular complexity index is 772. The normalized spacial score (nSPS) is 10.9. The van der Waals surface area contributed by atoms with Crippen molar-refractivity contribution >= 4 is 0 Å². The van der Waals surface area contributed by atoms with Crippen LogP contribution < -0.4 is 0 Å². The van der Waals surface area contributed by atoms with Crippen LogP contribution in [-0.2, 0) is 12.8 Å². The molecular formula is C19H19FN2. The molecule has 0 aliphatic heterocycles. The second-order valence-electron chi connectivity index (χ2n) is 5.60. The van der Waals surface area contributed by atoms with E-state index < -0.39 is 0 Å². The highest BCUT2D eigenvalue weighted by Gasteiger charge is 2.05. The Kier molecular flexibility index (Phi) is 4.05. The molecule has 3 rings (SSSR count). The predicted octanol–water partition coefficient (Wildman–Crippen LogP) is 4.41. The van der Waals surface area contributed by atoms with Crippen molar-refractivity contribution in [1.82, 2.24) is 9.78 Å². The van der Waals surface area contributed by atoms with Crippen LogP contribution in [0.5, 0.6) is 0 Å². The Balaban J connectivity index is 1.72. The minimum Gasteiger partial charge on any atom is -0.238 e. The van der Waals surface area contributed by atoms with Gasteiger partial charge in [-0.25, -0.2) is 9.07 Å². The summed E-state index contributed by atoms with van der Waals surface area (Å²) < 4.78 is 15.6. The topological polar surface area (TPSA) is 17.8 Å². The fraction of sp³-hybridized carbons (Fsp3) is 0.211. The number of hydrogen-bond acceptors (Lipinski definition) is 1. The van der Waals surface area contributed by atoms with Crippen LogP contribution >= 0.6 is 0 Å². The molecule has 0 bridgehead atoms. The molecule has 1 heterocycles. The Labute approximate surface area is 130 Å². The summed E-state index contributed by atoms with van der Waals surface area (Å²) in [5.74, 6) is -0.123. The van der Waals surface area contributed by atoms with E-state index in [1.54, 1.807) is 6.07 Å². The first-order chi connectivity index (χ1) is 10.6. The summed E-state index contributed by atoms with van der Waals surface area (Å²) in [4.78, 5) is 0. The number of aromatic nitrogens is 2. The quantitative estimate of drug-likeness (QED) is 0.697. The van der Waals surface area contributed by atoms with E-state index in [1.165, 1.54) is 11.6 Å². The fourth-order valence-corrected chi connectivity index (χ4v) is 2.67. The van der Waals surface area contributed by atoms with Gasteiger partial charge in [0.05, 0.1) is 11.4 Å². The largest absolute Gasteiger partial charge is 0.238 e. The van der Waals surface area contributed by atoms with Crippen molar-refractivity contribution in [3.05, 3.63) is 82.9 Å². The van der Waals surface area contributed by atoms with Crippen molar-refractivity contribution in [2.75, 3.05) is 0 Å². The minimum atomic E-state index is -0.123. The summed E-state index contributed by atoms with van der Waals surface area (Å²) in [5, 5.41) is 4.48. The molecule has 0 unspecified atom stereocenters. The molecular weight excluding hydrogens is 275 g/mol. The Morgan fingerprint density at radius 3 is 2.32 bits per heavy atom. The molecule has 0 spiro atoms. The molecule has 0 radical (unpaired) electrons. The number of hydrogen-bond donors (Lipinski definition) is 0. The van der Waals surface area contributed by atoms with Gasteiger partial charge in [-0.3, -0.25) is 0 Å². The lowest BCUT2D eigenvalue weighted by molar-refractivity contribution is 0.608. The smallest absolute Gasteiger partial charge is 0.126 e. The lowest BCUT2D eigenvalue weighted by Crippen LogP contribution is -2.00. The zero-order chi connectivity index (χ0) is 15.5. The van der Waals surface area contributed by atoms with E-state index in [9.17, 15) is 4.39 Å². The SMILES string of the molecule is Cc1cc(C)n(-c2ccc(CCc3ccccc3F)cc2)n1. The van der Waals surface area contributed by atoms with E-state index in [4.69, 9.17) is 0 Å². The van der Waals surface area contributed by atoms with Gasteiger partial charge in [0.15, 0.2) is 0 Å². The number of aryl methyl sites for hydroxylation is 4. The first-order valence-electron chi connectivity index (χ1n) is 7.49. The number of halogens is 1. The molecule has 0 atom stereocenters. The third-order valence-electron chi connectivity index (χ3n) is 3.83. The maximum Gasteiger partial charge on any atom is 0.126 e. The lowest BCUT2D eigenvalue weighted by atomic mass is 10.0. The van der Waals surface area contributed by atoms with Crippen LogP contribution in [0.15, 0.2) is 54.6 Å². The van der Waals surface area contributed by atoms with Crippen molar-refractivity contribution < 1.29 is 4.39 Å². The van der Waals surface area contributed by atoms with Crippen molar-refractivity contribution in [2.45, 2.75) is 26.7 Å². The Morgan fingerprint density at radius 1 is 0.955 bits per heavy atom. The van der Waals surface area contributed by atoms with E-state index in [2.05, 4.69) is 35.4 Å². The summed E-state index contributed by atoms with van der Waals surface area (Å²) in [6.07, 6.45) is 1.55. The van der Waals surface area contributed by atoms with Gasteiger partial charge in [0.1, 0.15) is 5.82 Å². The zero-order valence-corrected chi connectivity index (χ0v) is 12.9. The van der Waals surface area contributed by atoms with Crippen LogP contribution in [0.2, 0.25) is 0 Å². The van der Waals surface area contributed by atoms with Gasteiger partial charge in [0, 0.05) is 5.69 Å². The molecule has 2 aromatic carbocycles. The van der Waals surface area contributed by atoms with Gasteiger partial charge in [-0.1, -0.05) is 30.3 Å². The van der Waals surface area contributed by atoms with Crippen LogP contribution in [0.1, 0.15) is 22.5 Å². The van der Waals surface area contributed by atoms with Crippen LogP contribution in [0, 0.1) is 19.7 Å². The average molecular weight is 294 g/mol. The third-order valence-corrected chi connectivity index (χ3v) is 3.83. The van der Waals surface area contributed by atoms with Crippen molar-refractivity contribution in [3.8, 4) is 5.69 Å². The number of benzene rings is 2. The molecule has 22 heavy (non-hydrogen) atoms. The van der Waals surface area contributed by atoms with Crippen LogP contribution in [0.3, 0.4) is 0 Å². The van der Waals surface area contributed by atoms with Crippen molar-refractivity contribution in [2.24, 2.45) is 0 Å². The van der Waals surface area contributed by atoms with E-state index >= 15 is 0 Å². The van der Waals surface area contributed by atoms with Gasteiger partial charge < -0.3 is 0 Å². The summed E-state index contributed by atoms with van der Waals surface area (Å²) in [5.41, 5.74) is 5.16. The zero-order valence-electron chi connectivity index (χ0n) is 12.9. The van der Waals surface area contributed by atoms with Crippen molar-refractivity contribution in [1.29, 1.82) is 0 Å². The third kappa shape index (κ3) is 3.08. The second-order valence-corrected chi connectivity index (χ2v) is 5.60. The maximum atomic E-state index is 13.6. The highest BCUT2D eigenvalue weighted by molar-refractivity contribution is 5.36. The molecule has 3 aromatic rings. The second kappa shape index (κ2) is 6.14. The summed E-state index contributed by atoms with van der Waals surface area (Å²) in [6, 6.07) is 17.3. The van der Waals surface area contributed by atoms with Crippen LogP contribution in [-0.4, -0.2) is 9.78 Å². The molecule has 112 valence electrons. The summed E-state index contributed by atoms with van der Waals surface area (Å²) in [7, 11) is 0. The monoisotopic (exact) mass is 294 g/mol. The minimum absolute atomic E-state index is 0.123. The molecule has 2 nitrogen and oxygen atoms in total. The Morgan fingerprint density at radius 2 is 1.68 bits per heavy atom.